The Hall–Kier alpha value is -1.59. The molecular weight excluding hydrogens is 266 g/mol. The Kier molecular flexibility index (Phi) is 4.41. The van der Waals surface area contributed by atoms with Crippen LogP contribution in [-0.4, -0.2) is 41.7 Å². The van der Waals surface area contributed by atoms with Gasteiger partial charge in [-0.15, -0.1) is 0 Å². The minimum absolute atomic E-state index is 0.121. The Morgan fingerprint density at radius 1 is 1.43 bits per heavy atom. The number of aromatic nitrogens is 2. The van der Waals surface area contributed by atoms with Crippen molar-refractivity contribution in [3.8, 4) is 0 Å². The fourth-order valence-electron chi connectivity index (χ4n) is 2.88. The maximum absolute atomic E-state index is 5.78. The molecule has 0 radical (unpaired) electrons. The van der Waals surface area contributed by atoms with E-state index >= 15 is 0 Å². The number of hydrogen-bond acceptors (Lipinski definition) is 4. The van der Waals surface area contributed by atoms with E-state index in [9.17, 15) is 0 Å². The molecule has 114 valence electrons. The second-order valence-electron chi connectivity index (χ2n) is 5.34. The summed E-state index contributed by atoms with van der Waals surface area (Å²) in [6.07, 6.45) is 3.01. The Morgan fingerprint density at radius 2 is 2.33 bits per heavy atom. The third-order valence-electron chi connectivity index (χ3n) is 3.98. The van der Waals surface area contributed by atoms with E-state index < -0.39 is 0 Å². The highest BCUT2D eigenvalue weighted by Crippen LogP contribution is 2.22. The molecule has 5 heteroatoms. The zero-order valence-corrected chi connectivity index (χ0v) is 12.7. The van der Waals surface area contributed by atoms with Crippen molar-refractivity contribution in [1.29, 1.82) is 0 Å². The molecule has 21 heavy (non-hydrogen) atoms. The quantitative estimate of drug-likeness (QED) is 0.919. The van der Waals surface area contributed by atoms with E-state index in [0.717, 1.165) is 25.3 Å². The first kappa shape index (κ1) is 14.4. The van der Waals surface area contributed by atoms with Gasteiger partial charge in [0.1, 0.15) is 6.10 Å². The van der Waals surface area contributed by atoms with E-state index in [-0.39, 0.29) is 6.10 Å². The number of anilines is 1. The van der Waals surface area contributed by atoms with Gasteiger partial charge in [-0.3, -0.25) is 4.68 Å². The Morgan fingerprint density at radius 3 is 3.14 bits per heavy atom. The summed E-state index contributed by atoms with van der Waals surface area (Å²) in [6, 6.07) is 6.70. The van der Waals surface area contributed by atoms with Crippen LogP contribution in [-0.2, 0) is 16.0 Å². The molecule has 0 amide bonds. The number of aryl methyl sites for hydroxylation is 1. The lowest BCUT2D eigenvalue weighted by molar-refractivity contribution is -0.0528. The van der Waals surface area contributed by atoms with Crippen LogP contribution in [0.1, 0.15) is 20.3 Å². The Labute approximate surface area is 125 Å². The van der Waals surface area contributed by atoms with Crippen molar-refractivity contribution >= 4 is 16.6 Å². The highest BCUT2D eigenvalue weighted by Gasteiger charge is 2.26. The SMILES string of the molecule is CCOC1COCCC1Nc1ccc2cnn(CC)c2c1. The number of rotatable bonds is 5. The van der Waals surface area contributed by atoms with Crippen molar-refractivity contribution in [3.63, 3.8) is 0 Å². The van der Waals surface area contributed by atoms with E-state index in [1.54, 1.807) is 0 Å². The average molecular weight is 289 g/mol. The molecule has 2 unspecified atom stereocenters. The molecule has 1 saturated heterocycles. The van der Waals surface area contributed by atoms with E-state index in [1.807, 2.05) is 17.8 Å². The molecule has 1 aromatic heterocycles. The van der Waals surface area contributed by atoms with Gasteiger partial charge in [-0.2, -0.15) is 5.10 Å². The van der Waals surface area contributed by atoms with Gasteiger partial charge in [0.15, 0.2) is 0 Å². The standard InChI is InChI=1S/C16H23N3O2/c1-3-19-15-9-13(6-5-12(15)10-17-19)18-14-7-8-20-11-16(14)21-4-2/h5-6,9-10,14,16,18H,3-4,7-8,11H2,1-2H3. The number of fused-ring (bicyclic) bond motifs is 1. The van der Waals surface area contributed by atoms with E-state index in [4.69, 9.17) is 9.47 Å². The summed E-state index contributed by atoms with van der Waals surface area (Å²) < 4.78 is 13.3. The molecule has 2 atom stereocenters. The summed E-state index contributed by atoms with van der Waals surface area (Å²) in [5, 5.41) is 9.17. The van der Waals surface area contributed by atoms with Crippen molar-refractivity contribution < 1.29 is 9.47 Å². The Balaban J connectivity index is 1.79. The number of ether oxygens (including phenoxy) is 2. The average Bonchev–Trinajstić information content (AvgIpc) is 2.92. The lowest BCUT2D eigenvalue weighted by Gasteiger charge is -2.32. The zero-order valence-electron chi connectivity index (χ0n) is 12.7. The van der Waals surface area contributed by atoms with Crippen LogP contribution >= 0.6 is 0 Å². The summed E-state index contributed by atoms with van der Waals surface area (Å²) in [5.74, 6) is 0. The lowest BCUT2D eigenvalue weighted by Crippen LogP contribution is -2.43. The molecule has 0 spiro atoms. The van der Waals surface area contributed by atoms with Gasteiger partial charge in [-0.25, -0.2) is 0 Å². The van der Waals surface area contributed by atoms with E-state index in [2.05, 4.69) is 35.5 Å². The van der Waals surface area contributed by atoms with Crippen molar-refractivity contribution in [1.82, 2.24) is 9.78 Å². The molecule has 3 rings (SSSR count). The van der Waals surface area contributed by atoms with Gasteiger partial charge in [0.05, 0.1) is 24.4 Å². The van der Waals surface area contributed by atoms with E-state index in [1.165, 1.54) is 10.9 Å². The molecule has 0 bridgehead atoms. The summed E-state index contributed by atoms with van der Waals surface area (Å²) in [6.45, 7) is 7.18. The van der Waals surface area contributed by atoms with Crippen LogP contribution in [0.25, 0.3) is 10.9 Å². The van der Waals surface area contributed by atoms with Gasteiger partial charge < -0.3 is 14.8 Å². The molecule has 0 aliphatic carbocycles. The number of benzene rings is 1. The second-order valence-corrected chi connectivity index (χ2v) is 5.34. The number of nitrogens with zero attached hydrogens (tertiary/aromatic N) is 2. The van der Waals surface area contributed by atoms with Crippen molar-refractivity contribution in [2.75, 3.05) is 25.1 Å². The minimum Gasteiger partial charge on any atom is -0.379 e. The van der Waals surface area contributed by atoms with Gasteiger partial charge in [0.25, 0.3) is 0 Å². The molecule has 1 aliphatic heterocycles. The first-order chi connectivity index (χ1) is 10.3. The van der Waals surface area contributed by atoms with Crippen molar-refractivity contribution in [3.05, 3.63) is 24.4 Å². The smallest absolute Gasteiger partial charge is 0.101 e. The molecular formula is C16H23N3O2. The van der Waals surface area contributed by atoms with Crippen LogP contribution in [0.15, 0.2) is 24.4 Å². The summed E-state index contributed by atoms with van der Waals surface area (Å²) in [4.78, 5) is 0. The van der Waals surface area contributed by atoms with Gasteiger partial charge in [-0.05, 0) is 38.5 Å². The largest absolute Gasteiger partial charge is 0.379 e. The van der Waals surface area contributed by atoms with Crippen molar-refractivity contribution in [2.45, 2.75) is 39.0 Å². The van der Waals surface area contributed by atoms with Gasteiger partial charge in [0.2, 0.25) is 0 Å². The Bertz CT molecular complexity index is 594. The molecule has 0 saturated carbocycles. The predicted molar refractivity (Wildman–Crippen MR) is 83.7 cm³/mol. The molecule has 1 aromatic carbocycles. The molecule has 2 aromatic rings. The van der Waals surface area contributed by atoms with Crippen LogP contribution in [0.5, 0.6) is 0 Å². The fraction of sp³-hybridized carbons (Fsp3) is 0.562. The van der Waals surface area contributed by atoms with Gasteiger partial charge in [0, 0.05) is 30.8 Å². The van der Waals surface area contributed by atoms with Crippen LogP contribution in [0, 0.1) is 0 Å². The summed E-state index contributed by atoms with van der Waals surface area (Å²) >= 11 is 0. The lowest BCUT2D eigenvalue weighted by atomic mass is 10.1. The minimum atomic E-state index is 0.121. The van der Waals surface area contributed by atoms with Crippen LogP contribution in [0.2, 0.25) is 0 Å². The van der Waals surface area contributed by atoms with Gasteiger partial charge in [-0.1, -0.05) is 0 Å². The highest BCUT2D eigenvalue weighted by atomic mass is 16.5. The van der Waals surface area contributed by atoms with Crippen LogP contribution in [0.4, 0.5) is 5.69 Å². The molecule has 5 nitrogen and oxygen atoms in total. The van der Waals surface area contributed by atoms with Crippen molar-refractivity contribution in [2.24, 2.45) is 0 Å². The van der Waals surface area contributed by atoms with Crippen LogP contribution in [0.3, 0.4) is 0 Å². The molecule has 2 heterocycles. The number of nitrogens with one attached hydrogen (secondary N) is 1. The fourth-order valence-corrected chi connectivity index (χ4v) is 2.88. The summed E-state index contributed by atoms with van der Waals surface area (Å²) in [7, 11) is 0. The maximum Gasteiger partial charge on any atom is 0.101 e. The second kappa shape index (κ2) is 6.45. The normalized spacial score (nSPS) is 22.6. The zero-order chi connectivity index (χ0) is 14.7. The monoisotopic (exact) mass is 289 g/mol. The maximum atomic E-state index is 5.78. The highest BCUT2D eigenvalue weighted by molar-refractivity contribution is 5.82. The van der Waals surface area contributed by atoms with Gasteiger partial charge >= 0.3 is 0 Å². The molecule has 1 N–H and O–H groups in total. The third-order valence-corrected chi connectivity index (χ3v) is 3.98. The predicted octanol–water partition coefficient (Wildman–Crippen LogP) is 2.66. The first-order valence-electron chi connectivity index (χ1n) is 7.73. The molecule has 1 aliphatic rings. The number of hydrogen-bond donors (Lipinski definition) is 1. The third kappa shape index (κ3) is 3.04. The summed E-state index contributed by atoms with van der Waals surface area (Å²) in [5.41, 5.74) is 2.29. The topological polar surface area (TPSA) is 48.3 Å². The first-order valence-corrected chi connectivity index (χ1v) is 7.73. The van der Waals surface area contributed by atoms with E-state index in [0.29, 0.717) is 19.3 Å². The van der Waals surface area contributed by atoms with Crippen LogP contribution < -0.4 is 5.32 Å². The molecule has 1 fully saturated rings.